The quantitative estimate of drug-likeness (QED) is 0.367. The molecule has 0 bridgehead atoms. The van der Waals surface area contributed by atoms with Crippen molar-refractivity contribution in [3.05, 3.63) is 95.6 Å². The van der Waals surface area contributed by atoms with Crippen LogP contribution in [0.25, 0.3) is 11.5 Å². The summed E-state index contributed by atoms with van der Waals surface area (Å²) in [5.41, 5.74) is 1.30. The second kappa shape index (κ2) is 11.3. The number of aliphatic hydroxyl groups excluding tert-OH is 1. The highest BCUT2D eigenvalue weighted by atomic mass is 19.1. The van der Waals surface area contributed by atoms with Gasteiger partial charge >= 0.3 is 0 Å². The Kier molecular flexibility index (Phi) is 8.17. The monoisotopic (exact) mass is 475 g/mol. The molecule has 2 aromatic carbocycles. The Hall–Kier alpha value is -4.24. The Morgan fingerprint density at radius 1 is 1.09 bits per heavy atom. The zero-order valence-electron chi connectivity index (χ0n) is 18.4. The molecule has 0 unspecified atom stereocenters. The number of rotatable bonds is 8. The summed E-state index contributed by atoms with van der Waals surface area (Å²) in [5, 5.41) is 19.9. The number of Topliss-reactive ketones (excluding diaryl/α,β-unsaturated/α-hetero) is 1. The summed E-state index contributed by atoms with van der Waals surface area (Å²) in [6, 6.07) is 17.5. The van der Waals surface area contributed by atoms with Gasteiger partial charge in [0.15, 0.2) is 11.6 Å². The summed E-state index contributed by atoms with van der Waals surface area (Å²) in [4.78, 5) is 29.7. The first-order valence-electron chi connectivity index (χ1n) is 10.6. The Labute approximate surface area is 202 Å². The number of ketones is 1. The maximum Gasteiger partial charge on any atom is 0.259 e. The summed E-state index contributed by atoms with van der Waals surface area (Å²) in [6.07, 6.45) is 1.53. The van der Waals surface area contributed by atoms with Gasteiger partial charge in [0.2, 0.25) is 0 Å². The van der Waals surface area contributed by atoms with E-state index < -0.39 is 11.7 Å². The molecule has 0 aliphatic rings. The third-order valence-corrected chi connectivity index (χ3v) is 5.27. The molecule has 1 amide bonds. The van der Waals surface area contributed by atoms with Gasteiger partial charge in [0, 0.05) is 12.0 Å². The number of hydrogen-bond acceptors (Lipinski definition) is 6. The van der Waals surface area contributed by atoms with Crippen molar-refractivity contribution in [3.8, 4) is 11.5 Å². The fourth-order valence-electron chi connectivity index (χ4n) is 3.42. The number of aliphatic hydroxyl groups is 1. The van der Waals surface area contributed by atoms with E-state index in [1.165, 1.54) is 24.5 Å². The van der Waals surface area contributed by atoms with Crippen molar-refractivity contribution in [1.82, 2.24) is 19.7 Å². The third kappa shape index (κ3) is 5.82. The minimum Gasteiger partial charge on any atom is -0.394 e. The number of carbonyl (C=O) groups is 2. The first-order valence-corrected chi connectivity index (χ1v) is 10.6. The molecule has 9 heteroatoms. The fraction of sp³-hybridized carbons (Fsp3) is 0.192. The molecule has 8 nitrogen and oxygen atoms in total. The van der Waals surface area contributed by atoms with E-state index in [-0.39, 0.29) is 43.7 Å². The zero-order valence-corrected chi connectivity index (χ0v) is 18.4. The molecule has 4 rings (SSSR count). The molecule has 0 fully saturated rings. The molecule has 2 heterocycles. The molecular formula is C26H26FN5O3. The zero-order chi connectivity index (χ0) is 24.1. The molecule has 2 N–H and O–H groups in total. The third-order valence-electron chi connectivity index (χ3n) is 5.27. The molecule has 180 valence electrons. The SMILES string of the molecule is C.C[C@H](CO)n1cnnc1-c1cccc(NC(=O)c2cc(CC(=O)c3ccccc3)ccc2F)n1. The minimum atomic E-state index is -0.707. The number of halogens is 1. The summed E-state index contributed by atoms with van der Waals surface area (Å²) in [5.74, 6) is -0.916. The summed E-state index contributed by atoms with van der Waals surface area (Å²) in [7, 11) is 0. The van der Waals surface area contributed by atoms with Crippen molar-refractivity contribution in [2.75, 3.05) is 11.9 Å². The number of nitrogens with one attached hydrogen (secondary N) is 1. The van der Waals surface area contributed by atoms with E-state index in [0.29, 0.717) is 22.6 Å². The number of hydrogen-bond donors (Lipinski definition) is 2. The molecule has 0 radical (unpaired) electrons. The second-order valence-corrected chi connectivity index (χ2v) is 7.74. The van der Waals surface area contributed by atoms with Crippen molar-refractivity contribution in [2.45, 2.75) is 26.8 Å². The van der Waals surface area contributed by atoms with Crippen LogP contribution in [0.1, 0.15) is 46.7 Å². The summed E-state index contributed by atoms with van der Waals surface area (Å²) in [6.45, 7) is 1.70. The molecule has 0 saturated carbocycles. The van der Waals surface area contributed by atoms with E-state index in [1.807, 2.05) is 6.07 Å². The van der Waals surface area contributed by atoms with Crippen molar-refractivity contribution in [2.24, 2.45) is 0 Å². The maximum atomic E-state index is 14.5. The lowest BCUT2D eigenvalue weighted by atomic mass is 10.0. The predicted octanol–water partition coefficient (Wildman–Crippen LogP) is 4.35. The van der Waals surface area contributed by atoms with Crippen LogP contribution in [-0.2, 0) is 6.42 Å². The molecule has 0 aliphatic carbocycles. The minimum absolute atomic E-state index is 0. The Morgan fingerprint density at radius 3 is 2.60 bits per heavy atom. The Morgan fingerprint density at radius 2 is 1.86 bits per heavy atom. The lowest BCUT2D eigenvalue weighted by Gasteiger charge is -2.13. The van der Waals surface area contributed by atoms with Gasteiger partial charge in [-0.25, -0.2) is 9.37 Å². The number of pyridine rings is 1. The number of anilines is 1. The van der Waals surface area contributed by atoms with Crippen molar-refractivity contribution < 1.29 is 19.1 Å². The largest absolute Gasteiger partial charge is 0.394 e. The van der Waals surface area contributed by atoms with Gasteiger partial charge in [0.1, 0.15) is 23.7 Å². The first kappa shape index (κ1) is 25.4. The molecule has 0 saturated heterocycles. The molecular weight excluding hydrogens is 449 g/mol. The van der Waals surface area contributed by atoms with Crippen molar-refractivity contribution >= 4 is 17.5 Å². The predicted molar refractivity (Wildman–Crippen MR) is 131 cm³/mol. The number of amides is 1. The van der Waals surface area contributed by atoms with E-state index in [4.69, 9.17) is 0 Å². The van der Waals surface area contributed by atoms with Gasteiger partial charge < -0.3 is 15.0 Å². The Balaban J connectivity index is 0.00000342. The first-order chi connectivity index (χ1) is 16.5. The van der Waals surface area contributed by atoms with E-state index in [2.05, 4.69) is 20.5 Å². The average Bonchev–Trinajstić information content (AvgIpc) is 3.35. The standard InChI is InChI=1S/C25H22FN5O3.CH4/c1-16(14-32)31-15-27-30-24(31)21-8-5-9-23(28-21)29-25(34)19-12-17(10-11-20(19)26)13-22(33)18-6-3-2-4-7-18;/h2-12,15-16,32H,13-14H2,1H3,(H,28,29,34);1H4/t16-;/m1./s1. The second-order valence-electron chi connectivity index (χ2n) is 7.74. The smallest absolute Gasteiger partial charge is 0.259 e. The van der Waals surface area contributed by atoms with E-state index in [0.717, 1.165) is 0 Å². The highest BCUT2D eigenvalue weighted by Gasteiger charge is 2.17. The van der Waals surface area contributed by atoms with Crippen LogP contribution in [-0.4, -0.2) is 43.2 Å². The molecule has 2 aromatic heterocycles. The maximum absolute atomic E-state index is 14.5. The number of benzene rings is 2. The van der Waals surface area contributed by atoms with Gasteiger partial charge in [0.25, 0.3) is 5.91 Å². The highest BCUT2D eigenvalue weighted by Crippen LogP contribution is 2.21. The van der Waals surface area contributed by atoms with Gasteiger partial charge in [0.05, 0.1) is 18.2 Å². The van der Waals surface area contributed by atoms with E-state index in [9.17, 15) is 19.1 Å². The van der Waals surface area contributed by atoms with Gasteiger partial charge in [-0.15, -0.1) is 10.2 Å². The average molecular weight is 476 g/mol. The van der Waals surface area contributed by atoms with Crippen LogP contribution in [0.3, 0.4) is 0 Å². The van der Waals surface area contributed by atoms with Crippen LogP contribution in [0.2, 0.25) is 0 Å². The number of aromatic nitrogens is 4. The highest BCUT2D eigenvalue weighted by molar-refractivity contribution is 6.04. The summed E-state index contributed by atoms with van der Waals surface area (Å²) < 4.78 is 16.1. The van der Waals surface area contributed by atoms with Gasteiger partial charge in [-0.2, -0.15) is 0 Å². The number of nitrogens with zero attached hydrogens (tertiary/aromatic N) is 4. The molecule has 4 aromatic rings. The fourth-order valence-corrected chi connectivity index (χ4v) is 3.42. The normalized spacial score (nSPS) is 11.4. The lowest BCUT2D eigenvalue weighted by Crippen LogP contribution is -2.16. The molecule has 0 spiro atoms. The summed E-state index contributed by atoms with van der Waals surface area (Å²) >= 11 is 0. The van der Waals surface area contributed by atoms with Gasteiger partial charge in [-0.3, -0.25) is 9.59 Å². The van der Waals surface area contributed by atoms with Gasteiger partial charge in [-0.05, 0) is 36.8 Å². The van der Waals surface area contributed by atoms with Crippen LogP contribution >= 0.6 is 0 Å². The lowest BCUT2D eigenvalue weighted by molar-refractivity contribution is 0.0988. The number of carbonyl (C=O) groups excluding carboxylic acids is 2. The molecule has 0 aliphatic heterocycles. The van der Waals surface area contributed by atoms with Crippen molar-refractivity contribution in [1.29, 1.82) is 0 Å². The van der Waals surface area contributed by atoms with Crippen LogP contribution in [0.15, 0.2) is 73.1 Å². The topological polar surface area (TPSA) is 110 Å². The van der Waals surface area contributed by atoms with Crippen LogP contribution < -0.4 is 5.32 Å². The van der Waals surface area contributed by atoms with E-state index in [1.54, 1.807) is 54.0 Å². The molecule has 1 atom stereocenters. The molecule has 35 heavy (non-hydrogen) atoms. The van der Waals surface area contributed by atoms with Gasteiger partial charge in [-0.1, -0.05) is 49.9 Å². The Bertz CT molecular complexity index is 1320. The van der Waals surface area contributed by atoms with Crippen LogP contribution in [0.4, 0.5) is 10.2 Å². The van der Waals surface area contributed by atoms with E-state index >= 15 is 0 Å². The van der Waals surface area contributed by atoms with Crippen LogP contribution in [0, 0.1) is 5.82 Å². The van der Waals surface area contributed by atoms with Crippen molar-refractivity contribution in [3.63, 3.8) is 0 Å². The van der Waals surface area contributed by atoms with Crippen LogP contribution in [0.5, 0.6) is 0 Å².